The van der Waals surface area contributed by atoms with E-state index in [1.54, 1.807) is 17.9 Å². The van der Waals surface area contributed by atoms with Crippen LogP contribution in [0, 0.1) is 13.8 Å². The number of hydrogen-bond donors (Lipinski definition) is 2. The van der Waals surface area contributed by atoms with E-state index in [0.717, 1.165) is 23.4 Å². The zero-order chi connectivity index (χ0) is 16.3. The summed E-state index contributed by atoms with van der Waals surface area (Å²) >= 11 is 0. The minimum Gasteiger partial charge on any atom is -0.354 e. The summed E-state index contributed by atoms with van der Waals surface area (Å²) < 4.78 is 3.56. The maximum Gasteiger partial charge on any atom is 0.241 e. The minimum atomic E-state index is -0.384. The van der Waals surface area contributed by atoms with Gasteiger partial charge in [-0.25, -0.2) is 0 Å². The number of likely N-dealkylation sites (N-methyl/N-ethyl adjacent to an activating group) is 1. The van der Waals surface area contributed by atoms with E-state index < -0.39 is 0 Å². The lowest BCUT2D eigenvalue weighted by atomic mass is 10.1. The van der Waals surface area contributed by atoms with Crippen molar-refractivity contribution >= 4 is 18.3 Å². The van der Waals surface area contributed by atoms with Crippen LogP contribution in [0.25, 0.3) is 0 Å². The highest BCUT2D eigenvalue weighted by Crippen LogP contribution is 2.13. The van der Waals surface area contributed by atoms with Crippen LogP contribution >= 0.6 is 12.4 Å². The van der Waals surface area contributed by atoms with E-state index in [2.05, 4.69) is 20.8 Å². The Morgan fingerprint density at radius 3 is 2.52 bits per heavy atom. The topological polar surface area (TPSA) is 76.8 Å². The predicted molar refractivity (Wildman–Crippen MR) is 91.7 cm³/mol. The number of rotatable bonds is 6. The van der Waals surface area contributed by atoms with Gasteiger partial charge in [0, 0.05) is 38.1 Å². The Morgan fingerprint density at radius 1 is 1.35 bits per heavy atom. The first kappa shape index (κ1) is 19.2. The molecule has 0 radical (unpaired) electrons. The SMILES string of the molecule is CNC(C(=O)NCCc1c(C)nn(C)c1C)c1cnn(C)c1.Cl. The van der Waals surface area contributed by atoms with Crippen molar-refractivity contribution in [2.45, 2.75) is 26.3 Å². The van der Waals surface area contributed by atoms with Gasteiger partial charge in [-0.15, -0.1) is 12.4 Å². The van der Waals surface area contributed by atoms with E-state index in [1.165, 1.54) is 5.56 Å². The summed E-state index contributed by atoms with van der Waals surface area (Å²) in [5.74, 6) is -0.0466. The van der Waals surface area contributed by atoms with Crippen molar-refractivity contribution in [3.63, 3.8) is 0 Å². The molecule has 0 aliphatic rings. The molecule has 2 rings (SSSR count). The van der Waals surface area contributed by atoms with Crippen LogP contribution in [0.2, 0.25) is 0 Å². The number of halogens is 1. The number of nitrogens with one attached hydrogen (secondary N) is 2. The van der Waals surface area contributed by atoms with Crippen LogP contribution in [-0.2, 0) is 25.3 Å². The molecule has 1 atom stereocenters. The molecule has 128 valence electrons. The summed E-state index contributed by atoms with van der Waals surface area (Å²) in [6.07, 6.45) is 4.33. The fraction of sp³-hybridized carbons (Fsp3) is 0.533. The summed E-state index contributed by atoms with van der Waals surface area (Å²) in [6, 6.07) is -0.384. The second-order valence-electron chi connectivity index (χ2n) is 5.48. The minimum absolute atomic E-state index is 0. The smallest absolute Gasteiger partial charge is 0.241 e. The summed E-state index contributed by atoms with van der Waals surface area (Å²) in [5.41, 5.74) is 4.22. The Hall–Kier alpha value is -1.86. The third-order valence-corrected chi connectivity index (χ3v) is 3.94. The molecule has 2 N–H and O–H groups in total. The molecule has 2 heterocycles. The van der Waals surface area contributed by atoms with Gasteiger partial charge in [-0.3, -0.25) is 14.2 Å². The van der Waals surface area contributed by atoms with Crippen molar-refractivity contribution in [1.29, 1.82) is 0 Å². The highest BCUT2D eigenvalue weighted by atomic mass is 35.5. The second-order valence-corrected chi connectivity index (χ2v) is 5.48. The maximum atomic E-state index is 12.3. The van der Waals surface area contributed by atoms with E-state index in [0.29, 0.717) is 6.54 Å². The monoisotopic (exact) mass is 340 g/mol. The lowest BCUT2D eigenvalue weighted by molar-refractivity contribution is -0.123. The fourth-order valence-electron chi connectivity index (χ4n) is 2.63. The van der Waals surface area contributed by atoms with Crippen molar-refractivity contribution in [3.05, 3.63) is 34.9 Å². The van der Waals surface area contributed by atoms with Crippen LogP contribution in [0.3, 0.4) is 0 Å². The van der Waals surface area contributed by atoms with Gasteiger partial charge in [-0.1, -0.05) is 0 Å². The van der Waals surface area contributed by atoms with Crippen molar-refractivity contribution in [2.24, 2.45) is 14.1 Å². The molecular weight excluding hydrogens is 316 g/mol. The number of hydrogen-bond acceptors (Lipinski definition) is 4. The summed E-state index contributed by atoms with van der Waals surface area (Å²) in [5, 5.41) is 14.5. The Balaban J connectivity index is 0.00000264. The van der Waals surface area contributed by atoms with Crippen LogP contribution < -0.4 is 10.6 Å². The molecule has 2 aromatic rings. The summed E-state index contributed by atoms with van der Waals surface area (Å²) in [6.45, 7) is 4.63. The van der Waals surface area contributed by atoms with E-state index in [-0.39, 0.29) is 24.4 Å². The molecule has 23 heavy (non-hydrogen) atoms. The zero-order valence-electron chi connectivity index (χ0n) is 14.3. The highest BCUT2D eigenvalue weighted by molar-refractivity contribution is 5.85. The standard InChI is InChI=1S/C15H24N6O.ClH/c1-10-13(11(2)21(5)19-10)6-7-17-15(22)14(16-3)12-8-18-20(4)9-12;/h8-9,14,16H,6-7H2,1-5H3,(H,17,22);1H. The number of carbonyl (C=O) groups excluding carboxylic acids is 1. The summed E-state index contributed by atoms with van der Waals surface area (Å²) in [7, 11) is 5.54. The predicted octanol–water partition coefficient (Wildman–Crippen LogP) is 0.812. The molecule has 0 aromatic carbocycles. The van der Waals surface area contributed by atoms with E-state index >= 15 is 0 Å². The largest absolute Gasteiger partial charge is 0.354 e. The molecule has 7 nitrogen and oxygen atoms in total. The van der Waals surface area contributed by atoms with Crippen molar-refractivity contribution in [2.75, 3.05) is 13.6 Å². The van der Waals surface area contributed by atoms with Crippen LogP contribution in [0.4, 0.5) is 0 Å². The van der Waals surface area contributed by atoms with Gasteiger partial charge in [-0.2, -0.15) is 10.2 Å². The maximum absolute atomic E-state index is 12.3. The van der Waals surface area contributed by atoms with Gasteiger partial charge in [0.1, 0.15) is 6.04 Å². The van der Waals surface area contributed by atoms with Crippen molar-refractivity contribution < 1.29 is 4.79 Å². The number of carbonyl (C=O) groups is 1. The summed E-state index contributed by atoms with van der Waals surface area (Å²) in [4.78, 5) is 12.3. The molecule has 1 amide bonds. The molecule has 0 bridgehead atoms. The molecule has 0 spiro atoms. The quantitative estimate of drug-likeness (QED) is 0.816. The molecule has 0 aliphatic carbocycles. The first-order valence-corrected chi connectivity index (χ1v) is 7.36. The Labute approximate surface area is 142 Å². The zero-order valence-corrected chi connectivity index (χ0v) is 15.1. The molecule has 2 aromatic heterocycles. The van der Waals surface area contributed by atoms with Crippen LogP contribution in [0.5, 0.6) is 0 Å². The molecule has 0 saturated carbocycles. The average molecular weight is 341 g/mol. The average Bonchev–Trinajstić information content (AvgIpc) is 2.98. The number of amides is 1. The molecular formula is C15H25ClN6O. The second kappa shape index (κ2) is 8.12. The molecule has 0 aliphatic heterocycles. The Kier molecular flexibility index (Phi) is 6.78. The van der Waals surface area contributed by atoms with Gasteiger partial charge in [0.05, 0.1) is 11.9 Å². The van der Waals surface area contributed by atoms with Gasteiger partial charge in [0.15, 0.2) is 0 Å². The molecule has 0 fully saturated rings. The van der Waals surface area contributed by atoms with Gasteiger partial charge < -0.3 is 10.6 Å². The van der Waals surface area contributed by atoms with Crippen molar-refractivity contribution in [1.82, 2.24) is 30.2 Å². The van der Waals surface area contributed by atoms with Gasteiger partial charge in [-0.05, 0) is 32.9 Å². The lowest BCUT2D eigenvalue weighted by Crippen LogP contribution is -2.36. The third-order valence-electron chi connectivity index (χ3n) is 3.94. The van der Waals surface area contributed by atoms with Crippen LogP contribution in [0.1, 0.15) is 28.6 Å². The highest BCUT2D eigenvalue weighted by Gasteiger charge is 2.20. The Bertz CT molecular complexity index is 663. The lowest BCUT2D eigenvalue weighted by Gasteiger charge is -2.14. The Morgan fingerprint density at radius 2 is 2.04 bits per heavy atom. The molecule has 1 unspecified atom stereocenters. The number of aromatic nitrogens is 4. The normalized spacial score (nSPS) is 11.9. The van der Waals surface area contributed by atoms with E-state index in [9.17, 15) is 4.79 Å². The van der Waals surface area contributed by atoms with Crippen LogP contribution in [-0.4, -0.2) is 39.1 Å². The molecule has 0 saturated heterocycles. The van der Waals surface area contributed by atoms with Gasteiger partial charge in [0.25, 0.3) is 0 Å². The first-order chi connectivity index (χ1) is 10.4. The third kappa shape index (κ3) is 4.33. The van der Waals surface area contributed by atoms with Gasteiger partial charge in [0.2, 0.25) is 5.91 Å². The molecule has 8 heteroatoms. The van der Waals surface area contributed by atoms with E-state index in [4.69, 9.17) is 0 Å². The van der Waals surface area contributed by atoms with E-state index in [1.807, 2.05) is 38.8 Å². The van der Waals surface area contributed by atoms with Crippen LogP contribution in [0.15, 0.2) is 12.4 Å². The van der Waals surface area contributed by atoms with Crippen molar-refractivity contribution in [3.8, 4) is 0 Å². The van der Waals surface area contributed by atoms with Gasteiger partial charge >= 0.3 is 0 Å². The number of aryl methyl sites for hydroxylation is 3. The first-order valence-electron chi connectivity index (χ1n) is 7.36. The fourth-order valence-corrected chi connectivity index (χ4v) is 2.63. The number of nitrogens with zero attached hydrogens (tertiary/aromatic N) is 4.